The summed E-state index contributed by atoms with van der Waals surface area (Å²) in [5.41, 5.74) is 0. The van der Waals surface area contributed by atoms with Crippen LogP contribution in [0.15, 0.2) is 4.42 Å². The van der Waals surface area contributed by atoms with Crippen LogP contribution >= 0.6 is 0 Å². The first-order chi connectivity index (χ1) is 9.74. The predicted molar refractivity (Wildman–Crippen MR) is 74.2 cm³/mol. The molecule has 0 aliphatic heterocycles. The zero-order valence-corrected chi connectivity index (χ0v) is 12.2. The average Bonchev–Trinajstić information content (AvgIpc) is 3.04. The molecule has 0 radical (unpaired) electrons. The lowest BCUT2D eigenvalue weighted by molar-refractivity contribution is -0.133. The fourth-order valence-electron chi connectivity index (χ4n) is 3.07. The lowest BCUT2D eigenvalue weighted by atomic mass is 9.91. The lowest BCUT2D eigenvalue weighted by Gasteiger charge is -2.34. The standard InChI is InChI=1S/C15H23N3O2/c1-18(12-7-4-8-12)14(19)10-9-13-16-17-15(20-13)11-5-2-3-6-11/h11-12H,2-10H2,1H3. The summed E-state index contributed by atoms with van der Waals surface area (Å²) in [5.74, 6) is 2.03. The van der Waals surface area contributed by atoms with Crippen molar-refractivity contribution in [2.45, 2.75) is 69.7 Å². The highest BCUT2D eigenvalue weighted by molar-refractivity contribution is 5.76. The molecule has 2 fully saturated rings. The molecule has 1 heterocycles. The molecule has 0 saturated heterocycles. The van der Waals surface area contributed by atoms with E-state index in [1.165, 1.54) is 19.3 Å². The lowest BCUT2D eigenvalue weighted by Crippen LogP contribution is -2.41. The first-order valence-corrected chi connectivity index (χ1v) is 7.82. The van der Waals surface area contributed by atoms with Crippen molar-refractivity contribution in [2.24, 2.45) is 0 Å². The molecule has 1 amide bonds. The van der Waals surface area contributed by atoms with Gasteiger partial charge in [-0.25, -0.2) is 0 Å². The highest BCUT2D eigenvalue weighted by atomic mass is 16.4. The zero-order chi connectivity index (χ0) is 13.9. The van der Waals surface area contributed by atoms with E-state index in [-0.39, 0.29) is 5.91 Å². The normalized spacial score (nSPS) is 20.1. The van der Waals surface area contributed by atoms with Gasteiger partial charge in [-0.15, -0.1) is 10.2 Å². The number of aryl methyl sites for hydroxylation is 1. The van der Waals surface area contributed by atoms with Gasteiger partial charge in [0.2, 0.25) is 17.7 Å². The maximum absolute atomic E-state index is 12.0. The Balaban J connectivity index is 1.49. The molecule has 2 aliphatic rings. The summed E-state index contributed by atoms with van der Waals surface area (Å²) >= 11 is 0. The van der Waals surface area contributed by atoms with Crippen LogP contribution in [0.1, 0.15) is 69.1 Å². The summed E-state index contributed by atoms with van der Waals surface area (Å²) in [7, 11) is 1.91. The fraction of sp³-hybridized carbons (Fsp3) is 0.800. The molecular weight excluding hydrogens is 254 g/mol. The fourth-order valence-corrected chi connectivity index (χ4v) is 3.07. The molecule has 0 aromatic carbocycles. The molecule has 1 aromatic rings. The van der Waals surface area contributed by atoms with Crippen molar-refractivity contribution < 1.29 is 9.21 Å². The van der Waals surface area contributed by atoms with Crippen molar-refractivity contribution in [1.82, 2.24) is 15.1 Å². The number of aromatic nitrogens is 2. The maximum Gasteiger partial charge on any atom is 0.223 e. The van der Waals surface area contributed by atoms with E-state index >= 15 is 0 Å². The van der Waals surface area contributed by atoms with Crippen molar-refractivity contribution in [3.63, 3.8) is 0 Å². The minimum absolute atomic E-state index is 0.190. The molecule has 1 aromatic heterocycles. The Morgan fingerprint density at radius 2 is 1.95 bits per heavy atom. The number of carbonyl (C=O) groups excluding carboxylic acids is 1. The van der Waals surface area contributed by atoms with Crippen LogP contribution in [-0.4, -0.2) is 34.1 Å². The van der Waals surface area contributed by atoms with Gasteiger partial charge in [0.25, 0.3) is 0 Å². The SMILES string of the molecule is CN(C(=O)CCc1nnc(C2CCCC2)o1)C1CCC1. The molecule has 0 spiro atoms. The van der Waals surface area contributed by atoms with Crippen molar-refractivity contribution in [3.05, 3.63) is 11.8 Å². The van der Waals surface area contributed by atoms with Crippen molar-refractivity contribution in [3.8, 4) is 0 Å². The maximum atomic E-state index is 12.0. The first kappa shape index (κ1) is 13.6. The number of carbonyl (C=O) groups is 1. The molecule has 2 aliphatic carbocycles. The minimum Gasteiger partial charge on any atom is -0.425 e. The molecule has 0 bridgehead atoms. The van der Waals surface area contributed by atoms with E-state index in [0.717, 1.165) is 31.6 Å². The number of hydrogen-bond acceptors (Lipinski definition) is 4. The van der Waals surface area contributed by atoms with Gasteiger partial charge in [-0.2, -0.15) is 0 Å². The molecule has 20 heavy (non-hydrogen) atoms. The Bertz CT molecular complexity index is 461. The summed E-state index contributed by atoms with van der Waals surface area (Å²) in [4.78, 5) is 13.9. The van der Waals surface area contributed by atoms with Crippen molar-refractivity contribution in [2.75, 3.05) is 7.05 Å². The molecule has 5 nitrogen and oxygen atoms in total. The number of hydrogen-bond donors (Lipinski definition) is 0. The Labute approximate surface area is 119 Å². The summed E-state index contributed by atoms with van der Waals surface area (Å²) in [6.07, 6.45) is 9.41. The highest BCUT2D eigenvalue weighted by Crippen LogP contribution is 2.33. The second-order valence-corrected chi connectivity index (χ2v) is 6.10. The Kier molecular flexibility index (Phi) is 4.03. The molecule has 0 unspecified atom stereocenters. The third kappa shape index (κ3) is 2.86. The van der Waals surface area contributed by atoms with Gasteiger partial charge < -0.3 is 9.32 Å². The van der Waals surface area contributed by atoms with E-state index in [0.29, 0.717) is 30.7 Å². The van der Waals surface area contributed by atoms with Gasteiger partial charge >= 0.3 is 0 Å². The summed E-state index contributed by atoms with van der Waals surface area (Å²) in [6, 6.07) is 0.458. The van der Waals surface area contributed by atoms with E-state index in [2.05, 4.69) is 10.2 Å². The quantitative estimate of drug-likeness (QED) is 0.830. The monoisotopic (exact) mass is 277 g/mol. The van der Waals surface area contributed by atoms with Crippen LogP contribution in [0.5, 0.6) is 0 Å². The van der Waals surface area contributed by atoms with Gasteiger partial charge in [0.05, 0.1) is 0 Å². The largest absolute Gasteiger partial charge is 0.425 e. The van der Waals surface area contributed by atoms with Crippen LogP contribution in [0.4, 0.5) is 0 Å². The smallest absolute Gasteiger partial charge is 0.223 e. The van der Waals surface area contributed by atoms with Crippen LogP contribution in [0.25, 0.3) is 0 Å². The summed E-state index contributed by atoms with van der Waals surface area (Å²) in [5, 5.41) is 8.23. The number of nitrogens with zero attached hydrogens (tertiary/aromatic N) is 3. The third-order valence-electron chi connectivity index (χ3n) is 4.76. The molecule has 0 atom stereocenters. The molecule has 5 heteroatoms. The van der Waals surface area contributed by atoms with E-state index in [4.69, 9.17) is 4.42 Å². The summed E-state index contributed by atoms with van der Waals surface area (Å²) < 4.78 is 5.71. The first-order valence-electron chi connectivity index (χ1n) is 7.82. The molecular formula is C15H23N3O2. The molecule has 3 rings (SSSR count). The van der Waals surface area contributed by atoms with Gasteiger partial charge in [-0.1, -0.05) is 12.8 Å². The Hall–Kier alpha value is -1.39. The zero-order valence-electron chi connectivity index (χ0n) is 12.2. The van der Waals surface area contributed by atoms with Crippen LogP contribution in [0, 0.1) is 0 Å². The van der Waals surface area contributed by atoms with E-state index in [1.54, 1.807) is 0 Å². The third-order valence-corrected chi connectivity index (χ3v) is 4.76. The van der Waals surface area contributed by atoms with Crippen LogP contribution < -0.4 is 0 Å². The van der Waals surface area contributed by atoms with Crippen LogP contribution in [0.2, 0.25) is 0 Å². The minimum atomic E-state index is 0.190. The van der Waals surface area contributed by atoms with E-state index in [9.17, 15) is 4.79 Å². The second-order valence-electron chi connectivity index (χ2n) is 6.10. The van der Waals surface area contributed by atoms with Gasteiger partial charge in [0.15, 0.2) is 0 Å². The molecule has 110 valence electrons. The topological polar surface area (TPSA) is 59.2 Å². The number of rotatable bonds is 5. The van der Waals surface area contributed by atoms with Gasteiger partial charge in [0, 0.05) is 31.8 Å². The van der Waals surface area contributed by atoms with Gasteiger partial charge in [-0.3, -0.25) is 4.79 Å². The Morgan fingerprint density at radius 1 is 1.20 bits per heavy atom. The van der Waals surface area contributed by atoms with Crippen LogP contribution in [-0.2, 0) is 11.2 Å². The Morgan fingerprint density at radius 3 is 2.60 bits per heavy atom. The van der Waals surface area contributed by atoms with Gasteiger partial charge in [-0.05, 0) is 32.1 Å². The highest BCUT2D eigenvalue weighted by Gasteiger charge is 2.26. The van der Waals surface area contributed by atoms with Crippen molar-refractivity contribution in [1.29, 1.82) is 0 Å². The molecule has 0 N–H and O–H groups in total. The van der Waals surface area contributed by atoms with E-state index < -0.39 is 0 Å². The van der Waals surface area contributed by atoms with Gasteiger partial charge in [0.1, 0.15) is 0 Å². The number of amides is 1. The van der Waals surface area contributed by atoms with Crippen molar-refractivity contribution >= 4 is 5.91 Å². The van der Waals surface area contributed by atoms with Crippen LogP contribution in [0.3, 0.4) is 0 Å². The summed E-state index contributed by atoms with van der Waals surface area (Å²) in [6.45, 7) is 0. The second kappa shape index (κ2) is 5.94. The van der Waals surface area contributed by atoms with E-state index in [1.807, 2.05) is 11.9 Å². The predicted octanol–water partition coefficient (Wildman–Crippen LogP) is 2.67. The molecule has 2 saturated carbocycles. The average molecular weight is 277 g/mol.